The first kappa shape index (κ1) is 27.4. The van der Waals surface area contributed by atoms with Gasteiger partial charge in [-0.05, 0) is 73.4 Å². The second-order valence-electron chi connectivity index (χ2n) is 10.4. The van der Waals surface area contributed by atoms with E-state index in [0.29, 0.717) is 23.9 Å². The van der Waals surface area contributed by atoms with Crippen molar-refractivity contribution in [1.29, 1.82) is 5.41 Å². The van der Waals surface area contributed by atoms with Crippen molar-refractivity contribution in [1.82, 2.24) is 9.80 Å². The number of carbonyl (C=O) groups excluding carboxylic acids is 1. The van der Waals surface area contributed by atoms with Crippen LogP contribution in [0.15, 0.2) is 78.9 Å². The number of carbonyl (C=O) groups is 1. The number of nitrogens with one attached hydrogen (secondary N) is 2. The zero-order chi connectivity index (χ0) is 27.1. The third-order valence-corrected chi connectivity index (χ3v) is 6.45. The maximum Gasteiger partial charge on any atom is 0.410 e. The van der Waals surface area contributed by atoms with Gasteiger partial charge in [0.25, 0.3) is 0 Å². The summed E-state index contributed by atoms with van der Waals surface area (Å²) < 4.78 is 5.49. The largest absolute Gasteiger partial charge is 0.444 e. The molecule has 1 aliphatic rings. The number of piperazine rings is 1. The molecule has 3 aromatic carbocycles. The minimum Gasteiger partial charge on any atom is -0.444 e. The lowest BCUT2D eigenvalue weighted by atomic mass is 10.0. The summed E-state index contributed by atoms with van der Waals surface area (Å²) >= 11 is 5.91. The van der Waals surface area contributed by atoms with Crippen LogP contribution in [0.1, 0.15) is 31.9 Å². The van der Waals surface area contributed by atoms with Crippen LogP contribution in [0.5, 0.6) is 0 Å². The molecule has 1 aliphatic heterocycles. The van der Waals surface area contributed by atoms with Crippen LogP contribution in [-0.2, 0) is 11.3 Å². The Bertz CT molecular complexity index is 1260. The van der Waals surface area contributed by atoms with Crippen LogP contribution >= 0.6 is 11.6 Å². The van der Waals surface area contributed by atoms with Crippen LogP contribution in [0, 0.1) is 5.41 Å². The van der Waals surface area contributed by atoms with Gasteiger partial charge in [0.15, 0.2) is 0 Å². The van der Waals surface area contributed by atoms with Crippen molar-refractivity contribution in [3.05, 3.63) is 95.0 Å². The van der Waals surface area contributed by atoms with Gasteiger partial charge in [-0.3, -0.25) is 10.3 Å². The van der Waals surface area contributed by atoms with E-state index in [0.717, 1.165) is 42.0 Å². The molecule has 38 heavy (non-hydrogen) atoms. The first-order valence-corrected chi connectivity index (χ1v) is 13.2. The normalized spacial score (nSPS) is 14.5. The van der Waals surface area contributed by atoms with Crippen molar-refractivity contribution in [2.75, 3.05) is 31.5 Å². The van der Waals surface area contributed by atoms with Gasteiger partial charge in [0.2, 0.25) is 0 Å². The van der Waals surface area contributed by atoms with Crippen LogP contribution in [0.3, 0.4) is 0 Å². The van der Waals surface area contributed by atoms with E-state index in [1.54, 1.807) is 23.1 Å². The van der Waals surface area contributed by atoms with Crippen molar-refractivity contribution in [2.45, 2.75) is 32.9 Å². The summed E-state index contributed by atoms with van der Waals surface area (Å²) in [5.74, 6) is 0.304. The van der Waals surface area contributed by atoms with Crippen molar-refractivity contribution in [2.24, 2.45) is 0 Å². The second kappa shape index (κ2) is 12.3. The fourth-order valence-electron chi connectivity index (χ4n) is 4.17. The molecule has 1 saturated heterocycles. The number of hydrogen-bond acceptors (Lipinski definition) is 4. The Balaban J connectivity index is 1.26. The minimum absolute atomic E-state index is 0.226. The van der Waals surface area contributed by atoms with E-state index < -0.39 is 5.60 Å². The van der Waals surface area contributed by atoms with Gasteiger partial charge in [-0.25, -0.2) is 4.79 Å². The van der Waals surface area contributed by atoms with Crippen LogP contribution in [0.2, 0.25) is 5.02 Å². The highest BCUT2D eigenvalue weighted by molar-refractivity contribution is 6.30. The fraction of sp³-hybridized carbons (Fsp3) is 0.290. The maximum absolute atomic E-state index is 12.3. The molecule has 0 spiro atoms. The van der Waals surface area contributed by atoms with E-state index in [-0.39, 0.29) is 6.09 Å². The van der Waals surface area contributed by atoms with E-state index >= 15 is 0 Å². The third kappa shape index (κ3) is 8.20. The summed E-state index contributed by atoms with van der Waals surface area (Å²) in [6, 6.07) is 24.2. The summed E-state index contributed by atoms with van der Waals surface area (Å²) in [4.78, 5) is 16.4. The highest BCUT2D eigenvalue weighted by Crippen LogP contribution is 2.22. The van der Waals surface area contributed by atoms with E-state index in [4.69, 9.17) is 21.7 Å². The average molecular weight is 531 g/mol. The van der Waals surface area contributed by atoms with Crippen molar-refractivity contribution in [3.8, 4) is 11.1 Å². The number of ether oxygens (including phenoxy) is 1. The number of benzene rings is 3. The number of anilines is 1. The molecule has 0 bridgehead atoms. The predicted molar refractivity (Wildman–Crippen MR) is 157 cm³/mol. The number of rotatable bonds is 6. The summed E-state index contributed by atoms with van der Waals surface area (Å²) in [7, 11) is 0. The molecule has 1 amide bonds. The van der Waals surface area contributed by atoms with Crippen LogP contribution in [-0.4, -0.2) is 53.5 Å². The maximum atomic E-state index is 12.3. The third-order valence-electron chi connectivity index (χ3n) is 6.19. The lowest BCUT2D eigenvalue weighted by Crippen LogP contribution is -2.49. The predicted octanol–water partition coefficient (Wildman–Crippen LogP) is 7.16. The highest BCUT2D eigenvalue weighted by Gasteiger charge is 2.25. The first-order valence-electron chi connectivity index (χ1n) is 12.8. The van der Waals surface area contributed by atoms with Crippen LogP contribution in [0.4, 0.5) is 10.5 Å². The summed E-state index contributed by atoms with van der Waals surface area (Å²) in [5, 5.41) is 11.8. The Morgan fingerprint density at radius 2 is 1.50 bits per heavy atom. The standard InChI is InChI=1S/C31H35ClN4O2/c1-31(2,3)38-30(37)36-20-18-35(19-21-36)22-24-6-11-26(12-7-24)25-9-4-23(5-10-25)8-17-29(33)34-28-15-13-27(32)14-16-28/h4-17H,18-22H2,1-3H3,(H2,33,34)/b17-8+. The summed E-state index contributed by atoms with van der Waals surface area (Å²) in [6.45, 7) is 9.59. The Kier molecular flexibility index (Phi) is 8.87. The number of hydrogen-bond donors (Lipinski definition) is 2. The molecular formula is C31H35ClN4O2. The molecule has 1 heterocycles. The molecule has 0 radical (unpaired) electrons. The monoisotopic (exact) mass is 530 g/mol. The molecule has 0 saturated carbocycles. The lowest BCUT2D eigenvalue weighted by Gasteiger charge is -2.35. The molecule has 0 atom stereocenters. The van der Waals surface area contributed by atoms with Crippen molar-refractivity contribution in [3.63, 3.8) is 0 Å². The number of nitrogens with zero attached hydrogens (tertiary/aromatic N) is 2. The fourth-order valence-corrected chi connectivity index (χ4v) is 4.30. The first-order chi connectivity index (χ1) is 18.1. The minimum atomic E-state index is -0.465. The highest BCUT2D eigenvalue weighted by atomic mass is 35.5. The smallest absolute Gasteiger partial charge is 0.410 e. The lowest BCUT2D eigenvalue weighted by molar-refractivity contribution is 0.0139. The Morgan fingerprint density at radius 3 is 2.08 bits per heavy atom. The molecule has 6 nitrogen and oxygen atoms in total. The SMILES string of the molecule is CC(C)(C)OC(=O)N1CCN(Cc2ccc(-c3ccc(/C=C/C(=N)Nc4ccc(Cl)cc4)cc3)cc2)CC1. The molecule has 1 fully saturated rings. The van der Waals surface area contributed by atoms with Crippen LogP contribution in [0.25, 0.3) is 17.2 Å². The molecule has 0 aliphatic carbocycles. The van der Waals surface area contributed by atoms with E-state index in [1.165, 1.54) is 5.56 Å². The van der Waals surface area contributed by atoms with Gasteiger partial charge in [-0.15, -0.1) is 0 Å². The van der Waals surface area contributed by atoms with Gasteiger partial charge < -0.3 is 15.0 Å². The number of amides is 1. The van der Waals surface area contributed by atoms with Gasteiger partial charge in [0, 0.05) is 43.4 Å². The zero-order valence-electron chi connectivity index (χ0n) is 22.2. The van der Waals surface area contributed by atoms with E-state index in [1.807, 2.05) is 39.0 Å². The topological polar surface area (TPSA) is 68.7 Å². The summed E-state index contributed by atoms with van der Waals surface area (Å²) in [5.41, 5.74) is 4.95. The Hall–Kier alpha value is -3.61. The Morgan fingerprint density at radius 1 is 0.921 bits per heavy atom. The van der Waals surface area contributed by atoms with Gasteiger partial charge in [-0.2, -0.15) is 0 Å². The number of amidine groups is 1. The van der Waals surface area contributed by atoms with Crippen molar-refractivity contribution >= 4 is 35.3 Å². The molecule has 198 valence electrons. The Labute approximate surface area is 230 Å². The quantitative estimate of drug-likeness (QED) is 0.262. The molecule has 3 aromatic rings. The van der Waals surface area contributed by atoms with Gasteiger partial charge in [-0.1, -0.05) is 66.2 Å². The zero-order valence-corrected chi connectivity index (χ0v) is 23.0. The van der Waals surface area contributed by atoms with Gasteiger partial charge >= 0.3 is 6.09 Å². The van der Waals surface area contributed by atoms with E-state index in [2.05, 4.69) is 58.7 Å². The van der Waals surface area contributed by atoms with Gasteiger partial charge in [0.1, 0.15) is 11.4 Å². The van der Waals surface area contributed by atoms with Crippen molar-refractivity contribution < 1.29 is 9.53 Å². The molecule has 0 aromatic heterocycles. The molecule has 4 rings (SSSR count). The van der Waals surface area contributed by atoms with Crippen LogP contribution < -0.4 is 5.32 Å². The number of halogens is 1. The van der Waals surface area contributed by atoms with E-state index in [9.17, 15) is 4.79 Å². The molecular weight excluding hydrogens is 496 g/mol. The molecule has 7 heteroatoms. The molecule has 2 N–H and O–H groups in total. The average Bonchev–Trinajstić information content (AvgIpc) is 2.89. The molecule has 0 unspecified atom stereocenters. The van der Waals surface area contributed by atoms with Gasteiger partial charge in [0.05, 0.1) is 0 Å². The summed E-state index contributed by atoms with van der Waals surface area (Å²) in [6.07, 6.45) is 3.43. The second-order valence-corrected chi connectivity index (χ2v) is 10.9.